The summed E-state index contributed by atoms with van der Waals surface area (Å²) in [5.74, 6) is -0.275. The van der Waals surface area contributed by atoms with Crippen LogP contribution in [0.5, 0.6) is 5.75 Å². The van der Waals surface area contributed by atoms with Crippen LogP contribution in [0.1, 0.15) is 6.42 Å². The average Bonchev–Trinajstić information content (AvgIpc) is 3.51. The molecule has 0 aromatic heterocycles. The average molecular weight is 391 g/mol. The molecule has 1 fully saturated rings. The first-order valence-corrected chi connectivity index (χ1v) is 9.78. The molecular weight excluding hydrogens is 370 g/mol. The summed E-state index contributed by atoms with van der Waals surface area (Å²) in [6, 6.07) is 13.6. The largest absolute Gasteiger partial charge is 0.497 e. The second kappa shape index (κ2) is 7.30. The Balaban J connectivity index is 1.92. The van der Waals surface area contributed by atoms with Crippen molar-refractivity contribution in [3.63, 3.8) is 0 Å². The van der Waals surface area contributed by atoms with Crippen LogP contribution in [-0.4, -0.2) is 46.2 Å². The van der Waals surface area contributed by atoms with Crippen molar-refractivity contribution in [2.75, 3.05) is 20.8 Å². The van der Waals surface area contributed by atoms with Gasteiger partial charge in [-0.05, 0) is 35.4 Å². The molecule has 27 heavy (non-hydrogen) atoms. The number of hydrogen-bond acceptors (Lipinski definition) is 7. The summed E-state index contributed by atoms with van der Waals surface area (Å²) in [5.41, 5.74) is 7.75. The summed E-state index contributed by atoms with van der Waals surface area (Å²) >= 11 is 0. The van der Waals surface area contributed by atoms with Crippen LogP contribution in [0.25, 0.3) is 11.1 Å². The third-order valence-corrected chi connectivity index (χ3v) is 6.72. The van der Waals surface area contributed by atoms with E-state index in [0.717, 1.165) is 24.0 Å². The molecule has 7 nitrogen and oxygen atoms in total. The zero-order valence-electron chi connectivity index (χ0n) is 15.0. The lowest BCUT2D eigenvalue weighted by atomic mass is 10.1. The maximum Gasteiger partial charge on any atom is 0.342 e. The van der Waals surface area contributed by atoms with Gasteiger partial charge in [0.2, 0.25) is 14.7 Å². The van der Waals surface area contributed by atoms with Crippen molar-refractivity contribution in [2.45, 2.75) is 22.3 Å². The quantitative estimate of drug-likeness (QED) is 0.566. The third kappa shape index (κ3) is 3.69. The molecule has 2 aromatic rings. The summed E-state index contributed by atoms with van der Waals surface area (Å²) in [4.78, 5) is 9.93. The van der Waals surface area contributed by atoms with E-state index in [1.54, 1.807) is 19.2 Å². The van der Waals surface area contributed by atoms with Gasteiger partial charge in [-0.3, -0.25) is 0 Å². The van der Waals surface area contributed by atoms with E-state index in [1.807, 2.05) is 24.3 Å². The van der Waals surface area contributed by atoms with E-state index in [4.69, 9.17) is 15.2 Å². The van der Waals surface area contributed by atoms with Crippen LogP contribution in [0, 0.1) is 0 Å². The fraction of sp³-hybridized carbons (Fsp3) is 0.316. The molecule has 0 radical (unpaired) electrons. The lowest BCUT2D eigenvalue weighted by Crippen LogP contribution is -2.56. The number of carbonyl (C=O) groups excluding carboxylic acids is 1. The first kappa shape index (κ1) is 19.3. The lowest BCUT2D eigenvalue weighted by Gasteiger charge is -2.25. The molecule has 144 valence electrons. The number of rotatable bonds is 7. The Morgan fingerprint density at radius 2 is 1.63 bits per heavy atom. The number of sulfone groups is 1. The fourth-order valence-corrected chi connectivity index (χ4v) is 4.44. The Kier molecular flexibility index (Phi) is 5.23. The zero-order valence-corrected chi connectivity index (χ0v) is 15.9. The van der Waals surface area contributed by atoms with Crippen LogP contribution < -0.4 is 10.5 Å². The van der Waals surface area contributed by atoms with Crippen LogP contribution in [0.15, 0.2) is 53.4 Å². The highest BCUT2D eigenvalue weighted by Crippen LogP contribution is 2.32. The van der Waals surface area contributed by atoms with Gasteiger partial charge in [0.15, 0.2) is 0 Å². The second-order valence-electron chi connectivity index (χ2n) is 6.30. The van der Waals surface area contributed by atoms with Crippen molar-refractivity contribution >= 4 is 15.8 Å². The summed E-state index contributed by atoms with van der Waals surface area (Å²) in [5, 5.41) is 0. The van der Waals surface area contributed by atoms with Crippen molar-refractivity contribution in [1.29, 1.82) is 0 Å². The Bertz CT molecular complexity index is 920. The SMILES string of the molecule is COC(=O)C(N)(CC1CO1)S(=O)(=O)c1ccc(-c2ccc(OC)cc2)cc1. The predicted molar refractivity (Wildman–Crippen MR) is 98.9 cm³/mol. The van der Waals surface area contributed by atoms with Gasteiger partial charge in [-0.2, -0.15) is 0 Å². The van der Waals surface area contributed by atoms with Gasteiger partial charge in [0, 0.05) is 6.42 Å². The van der Waals surface area contributed by atoms with Gasteiger partial charge in [0.25, 0.3) is 0 Å². The number of methoxy groups -OCH3 is 2. The van der Waals surface area contributed by atoms with Gasteiger partial charge in [0.05, 0.1) is 31.8 Å². The number of ether oxygens (including phenoxy) is 3. The molecule has 1 saturated heterocycles. The van der Waals surface area contributed by atoms with Gasteiger partial charge in [-0.15, -0.1) is 0 Å². The number of benzene rings is 2. The molecule has 0 bridgehead atoms. The maximum atomic E-state index is 13.1. The van der Waals surface area contributed by atoms with E-state index >= 15 is 0 Å². The highest BCUT2D eigenvalue weighted by Gasteiger charge is 2.52. The number of carbonyl (C=O) groups is 1. The molecule has 2 aromatic carbocycles. The number of epoxide rings is 1. The molecule has 0 aliphatic carbocycles. The van der Waals surface area contributed by atoms with Crippen molar-refractivity contribution in [2.24, 2.45) is 5.73 Å². The number of esters is 1. The smallest absolute Gasteiger partial charge is 0.342 e. The van der Waals surface area contributed by atoms with Gasteiger partial charge in [0.1, 0.15) is 5.75 Å². The monoisotopic (exact) mass is 391 g/mol. The summed E-state index contributed by atoms with van der Waals surface area (Å²) < 4.78 is 41.0. The van der Waals surface area contributed by atoms with Gasteiger partial charge >= 0.3 is 5.97 Å². The van der Waals surface area contributed by atoms with Crippen LogP contribution in [0.2, 0.25) is 0 Å². The van der Waals surface area contributed by atoms with E-state index in [1.165, 1.54) is 12.1 Å². The Hall–Kier alpha value is -2.42. The molecule has 1 heterocycles. The molecule has 8 heteroatoms. The summed E-state index contributed by atoms with van der Waals surface area (Å²) in [6.07, 6.45) is -0.509. The van der Waals surface area contributed by atoms with Crippen LogP contribution in [0.4, 0.5) is 0 Å². The minimum atomic E-state index is -4.17. The topological polar surface area (TPSA) is 108 Å². The lowest BCUT2D eigenvalue weighted by molar-refractivity contribution is -0.144. The van der Waals surface area contributed by atoms with E-state index in [-0.39, 0.29) is 17.4 Å². The minimum Gasteiger partial charge on any atom is -0.497 e. The van der Waals surface area contributed by atoms with Gasteiger partial charge in [-0.25, -0.2) is 13.2 Å². The molecule has 1 aliphatic rings. The van der Waals surface area contributed by atoms with Gasteiger partial charge in [-0.1, -0.05) is 24.3 Å². The highest BCUT2D eigenvalue weighted by molar-refractivity contribution is 7.93. The number of hydrogen-bond donors (Lipinski definition) is 1. The van der Waals surface area contributed by atoms with E-state index in [0.29, 0.717) is 6.61 Å². The first-order chi connectivity index (χ1) is 12.8. The summed E-state index contributed by atoms with van der Waals surface area (Å²) in [7, 11) is -1.48. The van der Waals surface area contributed by atoms with Crippen molar-refractivity contribution in [1.82, 2.24) is 0 Å². The predicted octanol–water partition coefficient (Wildman–Crippen LogP) is 1.75. The molecule has 2 unspecified atom stereocenters. The standard InChI is InChI=1S/C19H21NO6S/c1-24-15-7-3-13(4-8-15)14-5-9-17(10-6-14)27(22,23)19(20,18(21)25-2)11-16-12-26-16/h3-10,16H,11-12,20H2,1-2H3. The molecule has 0 saturated carbocycles. The van der Waals surface area contributed by atoms with Gasteiger partial charge < -0.3 is 19.9 Å². The minimum absolute atomic E-state index is 0.0479. The molecule has 2 N–H and O–H groups in total. The third-order valence-electron chi connectivity index (χ3n) is 4.53. The molecular formula is C19H21NO6S. The first-order valence-electron chi connectivity index (χ1n) is 8.30. The molecule has 0 amide bonds. The van der Waals surface area contributed by atoms with E-state index in [9.17, 15) is 13.2 Å². The van der Waals surface area contributed by atoms with E-state index < -0.39 is 20.7 Å². The Morgan fingerprint density at radius 3 is 2.07 bits per heavy atom. The zero-order chi connectivity index (χ0) is 19.7. The maximum absolute atomic E-state index is 13.1. The second-order valence-corrected chi connectivity index (χ2v) is 8.50. The number of nitrogens with two attached hydrogens (primary N) is 1. The van der Waals surface area contributed by atoms with E-state index in [2.05, 4.69) is 4.74 Å². The highest BCUT2D eigenvalue weighted by atomic mass is 32.2. The van der Waals surface area contributed by atoms with Crippen molar-refractivity contribution in [3.8, 4) is 16.9 Å². The fourth-order valence-electron chi connectivity index (χ4n) is 2.82. The molecule has 3 rings (SSSR count). The molecule has 2 atom stereocenters. The van der Waals surface area contributed by atoms with Crippen LogP contribution >= 0.6 is 0 Å². The Morgan fingerprint density at radius 1 is 1.11 bits per heavy atom. The normalized spacial score (nSPS) is 18.4. The Labute approximate surface area is 158 Å². The summed E-state index contributed by atoms with van der Waals surface area (Å²) in [6.45, 7) is 0.377. The molecule has 0 spiro atoms. The molecule has 1 aliphatic heterocycles. The van der Waals surface area contributed by atoms with Crippen LogP contribution in [-0.2, 0) is 24.1 Å². The van der Waals surface area contributed by atoms with Crippen molar-refractivity contribution < 1.29 is 27.4 Å². The van der Waals surface area contributed by atoms with Crippen molar-refractivity contribution in [3.05, 3.63) is 48.5 Å². The van der Waals surface area contributed by atoms with Crippen LogP contribution in [0.3, 0.4) is 0 Å².